The van der Waals surface area contributed by atoms with Crippen LogP contribution in [0.5, 0.6) is 5.75 Å². The molecule has 0 aromatic heterocycles. The van der Waals surface area contributed by atoms with Crippen LogP contribution in [0.4, 0.5) is 5.69 Å². The van der Waals surface area contributed by atoms with Crippen molar-refractivity contribution in [1.82, 2.24) is 4.90 Å². The summed E-state index contributed by atoms with van der Waals surface area (Å²) in [6, 6.07) is 16.2. The van der Waals surface area contributed by atoms with Crippen molar-refractivity contribution in [2.75, 3.05) is 26.1 Å². The van der Waals surface area contributed by atoms with E-state index in [4.69, 9.17) is 4.74 Å². The number of carbonyl (C=O) groups is 1. The van der Waals surface area contributed by atoms with Crippen LogP contribution in [0.25, 0.3) is 0 Å². The molecule has 0 aliphatic rings. The second-order valence-electron chi connectivity index (χ2n) is 6.01. The smallest absolute Gasteiger partial charge is 0.222 e. The first-order valence-electron chi connectivity index (χ1n) is 8.20. The van der Waals surface area contributed by atoms with Gasteiger partial charge >= 0.3 is 0 Å². The molecular weight excluding hydrogens is 300 g/mol. The van der Waals surface area contributed by atoms with E-state index in [2.05, 4.69) is 29.2 Å². The Bertz CT molecular complexity index is 648. The normalized spacial score (nSPS) is 10.3. The molecular formula is C20H26N2O2. The van der Waals surface area contributed by atoms with Crippen LogP contribution in [0.3, 0.4) is 0 Å². The average Bonchev–Trinajstić information content (AvgIpc) is 2.61. The Morgan fingerprint density at radius 3 is 1.83 bits per heavy atom. The van der Waals surface area contributed by atoms with Gasteiger partial charge in [0, 0.05) is 39.3 Å². The molecule has 0 saturated heterocycles. The van der Waals surface area contributed by atoms with E-state index >= 15 is 0 Å². The first-order valence-corrected chi connectivity index (χ1v) is 8.20. The van der Waals surface area contributed by atoms with E-state index < -0.39 is 0 Å². The number of amides is 1. The number of anilines is 1. The van der Waals surface area contributed by atoms with E-state index in [1.165, 1.54) is 0 Å². The van der Waals surface area contributed by atoms with E-state index in [9.17, 15) is 4.79 Å². The molecule has 0 aliphatic carbocycles. The Morgan fingerprint density at radius 1 is 0.917 bits per heavy atom. The number of hydrogen-bond donors (Lipinski definition) is 0. The Labute approximate surface area is 144 Å². The van der Waals surface area contributed by atoms with Gasteiger partial charge in [0.15, 0.2) is 0 Å². The third-order valence-corrected chi connectivity index (χ3v) is 4.01. The minimum absolute atomic E-state index is 0.155. The van der Waals surface area contributed by atoms with Gasteiger partial charge in [-0.3, -0.25) is 4.79 Å². The fourth-order valence-corrected chi connectivity index (χ4v) is 2.53. The van der Waals surface area contributed by atoms with E-state index in [-0.39, 0.29) is 5.91 Å². The minimum atomic E-state index is 0.155. The first-order chi connectivity index (χ1) is 11.5. The van der Waals surface area contributed by atoms with Crippen LogP contribution in [0.2, 0.25) is 0 Å². The summed E-state index contributed by atoms with van der Waals surface area (Å²) in [7, 11) is 5.69. The number of carbonyl (C=O) groups excluding carboxylic acids is 1. The van der Waals surface area contributed by atoms with Crippen molar-refractivity contribution in [1.29, 1.82) is 0 Å². The fraction of sp³-hybridized carbons (Fsp3) is 0.350. The number of methoxy groups -OCH3 is 1. The van der Waals surface area contributed by atoms with Crippen molar-refractivity contribution in [2.24, 2.45) is 0 Å². The summed E-state index contributed by atoms with van der Waals surface area (Å²) in [5, 5.41) is 0. The molecule has 4 nitrogen and oxygen atoms in total. The van der Waals surface area contributed by atoms with Crippen molar-refractivity contribution < 1.29 is 9.53 Å². The highest BCUT2D eigenvalue weighted by molar-refractivity contribution is 5.75. The molecule has 0 spiro atoms. The van der Waals surface area contributed by atoms with Crippen LogP contribution < -0.4 is 9.64 Å². The first kappa shape index (κ1) is 17.9. The van der Waals surface area contributed by atoms with Gasteiger partial charge in [-0.15, -0.1) is 0 Å². The number of rotatable bonds is 7. The fourth-order valence-electron chi connectivity index (χ4n) is 2.53. The topological polar surface area (TPSA) is 32.8 Å². The largest absolute Gasteiger partial charge is 0.497 e. The summed E-state index contributed by atoms with van der Waals surface area (Å²) in [5.74, 6) is 0.980. The van der Waals surface area contributed by atoms with Crippen LogP contribution in [0.15, 0.2) is 48.5 Å². The molecule has 2 aromatic carbocycles. The summed E-state index contributed by atoms with van der Waals surface area (Å²) in [6.45, 7) is 3.12. The van der Waals surface area contributed by atoms with Crippen molar-refractivity contribution in [3.8, 4) is 5.75 Å². The summed E-state index contributed by atoms with van der Waals surface area (Å²) < 4.78 is 5.18. The molecule has 24 heavy (non-hydrogen) atoms. The molecule has 1 amide bonds. The predicted octanol–water partition coefficient (Wildman–Crippen LogP) is 3.70. The molecule has 2 aromatic rings. The molecule has 0 atom stereocenters. The molecule has 0 unspecified atom stereocenters. The quantitative estimate of drug-likeness (QED) is 0.778. The predicted molar refractivity (Wildman–Crippen MR) is 98.3 cm³/mol. The lowest BCUT2D eigenvalue weighted by Crippen LogP contribution is -2.29. The summed E-state index contributed by atoms with van der Waals surface area (Å²) in [5.41, 5.74) is 3.39. The highest BCUT2D eigenvalue weighted by atomic mass is 16.5. The van der Waals surface area contributed by atoms with Gasteiger partial charge in [0.2, 0.25) is 5.91 Å². The standard InChI is InChI=1S/C20H26N2O2/c1-5-20(23)22(15-17-8-12-19(24-4)13-9-17)14-16-6-10-18(11-7-16)21(2)3/h6-13H,5,14-15H2,1-4H3. The molecule has 2 rings (SSSR count). The van der Waals surface area contributed by atoms with Gasteiger partial charge in [-0.1, -0.05) is 31.2 Å². The SMILES string of the molecule is CCC(=O)N(Cc1ccc(OC)cc1)Cc1ccc(N(C)C)cc1. The van der Waals surface area contributed by atoms with Gasteiger partial charge in [-0.2, -0.15) is 0 Å². The molecule has 0 fully saturated rings. The zero-order chi connectivity index (χ0) is 17.5. The van der Waals surface area contributed by atoms with Crippen LogP contribution in [-0.4, -0.2) is 32.0 Å². The lowest BCUT2D eigenvalue weighted by molar-refractivity contribution is -0.132. The monoisotopic (exact) mass is 326 g/mol. The zero-order valence-corrected chi connectivity index (χ0v) is 15.0. The molecule has 0 radical (unpaired) electrons. The zero-order valence-electron chi connectivity index (χ0n) is 15.0. The molecule has 0 bridgehead atoms. The average molecular weight is 326 g/mol. The number of benzene rings is 2. The molecule has 0 aliphatic heterocycles. The maximum atomic E-state index is 12.3. The third kappa shape index (κ3) is 4.75. The molecule has 0 saturated carbocycles. The molecule has 0 heterocycles. The molecule has 128 valence electrons. The Balaban J connectivity index is 2.11. The Kier molecular flexibility index (Phi) is 6.24. The van der Waals surface area contributed by atoms with E-state index in [0.717, 1.165) is 22.6 Å². The van der Waals surface area contributed by atoms with E-state index in [1.54, 1.807) is 7.11 Å². The summed E-state index contributed by atoms with van der Waals surface area (Å²) >= 11 is 0. The number of ether oxygens (including phenoxy) is 1. The molecule has 4 heteroatoms. The lowest BCUT2D eigenvalue weighted by Gasteiger charge is -2.23. The molecule has 0 N–H and O–H groups in total. The van der Waals surface area contributed by atoms with Crippen molar-refractivity contribution in [3.05, 3.63) is 59.7 Å². The van der Waals surface area contributed by atoms with E-state index in [1.807, 2.05) is 50.2 Å². The summed E-state index contributed by atoms with van der Waals surface area (Å²) in [6.07, 6.45) is 0.506. The second kappa shape index (κ2) is 8.39. The Morgan fingerprint density at radius 2 is 1.42 bits per heavy atom. The third-order valence-electron chi connectivity index (χ3n) is 4.01. The highest BCUT2D eigenvalue weighted by Crippen LogP contribution is 2.17. The maximum Gasteiger partial charge on any atom is 0.222 e. The highest BCUT2D eigenvalue weighted by Gasteiger charge is 2.13. The minimum Gasteiger partial charge on any atom is -0.497 e. The van der Waals surface area contributed by atoms with Crippen LogP contribution in [0, 0.1) is 0 Å². The van der Waals surface area contributed by atoms with Gasteiger partial charge in [0.25, 0.3) is 0 Å². The summed E-state index contributed by atoms with van der Waals surface area (Å²) in [4.78, 5) is 16.3. The van der Waals surface area contributed by atoms with Crippen LogP contribution in [-0.2, 0) is 17.9 Å². The van der Waals surface area contributed by atoms with Crippen molar-refractivity contribution >= 4 is 11.6 Å². The van der Waals surface area contributed by atoms with Crippen LogP contribution in [0.1, 0.15) is 24.5 Å². The van der Waals surface area contributed by atoms with Gasteiger partial charge in [-0.25, -0.2) is 0 Å². The lowest BCUT2D eigenvalue weighted by atomic mass is 10.1. The van der Waals surface area contributed by atoms with Crippen molar-refractivity contribution in [2.45, 2.75) is 26.4 Å². The number of nitrogens with zero attached hydrogens (tertiary/aromatic N) is 2. The van der Waals surface area contributed by atoms with Crippen LogP contribution >= 0.6 is 0 Å². The maximum absolute atomic E-state index is 12.3. The van der Waals surface area contributed by atoms with Gasteiger partial charge < -0.3 is 14.5 Å². The van der Waals surface area contributed by atoms with Gasteiger partial charge in [0.05, 0.1) is 7.11 Å². The second-order valence-corrected chi connectivity index (χ2v) is 6.01. The van der Waals surface area contributed by atoms with Crippen molar-refractivity contribution in [3.63, 3.8) is 0 Å². The number of hydrogen-bond acceptors (Lipinski definition) is 3. The van der Waals surface area contributed by atoms with E-state index in [0.29, 0.717) is 19.5 Å². The van der Waals surface area contributed by atoms with Gasteiger partial charge in [0.1, 0.15) is 5.75 Å². The Hall–Kier alpha value is -2.49. The van der Waals surface area contributed by atoms with Gasteiger partial charge in [-0.05, 0) is 35.4 Å².